The van der Waals surface area contributed by atoms with Crippen LogP contribution in [0.4, 0.5) is 0 Å². The number of benzene rings is 3. The summed E-state index contributed by atoms with van der Waals surface area (Å²) in [6.45, 7) is 0. The van der Waals surface area contributed by atoms with Crippen molar-refractivity contribution in [2.45, 2.75) is 6.04 Å². The van der Waals surface area contributed by atoms with E-state index in [1.54, 1.807) is 11.3 Å². The fourth-order valence-corrected chi connectivity index (χ4v) is 3.82. The lowest BCUT2D eigenvalue weighted by atomic mass is 10.0. The molecule has 0 N–H and O–H groups in total. The predicted octanol–water partition coefficient (Wildman–Crippen LogP) is 7.04. The average Bonchev–Trinajstić information content (AvgIpc) is 3.31. The normalized spacial score (nSPS) is 12.0. The van der Waals surface area contributed by atoms with Gasteiger partial charge in [0.05, 0.1) is 5.71 Å². The Balaban J connectivity index is 1.79. The van der Waals surface area contributed by atoms with E-state index in [2.05, 4.69) is 102 Å². The molecule has 0 spiro atoms. The van der Waals surface area contributed by atoms with Gasteiger partial charge >= 0.3 is 0 Å². The molecular formula is C26H21NS. The highest BCUT2D eigenvalue weighted by atomic mass is 32.1. The first kappa shape index (κ1) is 18.1. The molecule has 4 aromatic rings. The molecule has 28 heavy (non-hydrogen) atoms. The van der Waals surface area contributed by atoms with Gasteiger partial charge in [0, 0.05) is 16.0 Å². The first-order valence-electron chi connectivity index (χ1n) is 9.35. The third kappa shape index (κ3) is 4.54. The number of rotatable bonds is 6. The first-order chi connectivity index (χ1) is 13.9. The van der Waals surface area contributed by atoms with Gasteiger partial charge in [-0.3, -0.25) is 4.99 Å². The van der Waals surface area contributed by atoms with Gasteiger partial charge in [-0.25, -0.2) is 0 Å². The lowest BCUT2D eigenvalue weighted by molar-refractivity contribution is 0.942. The zero-order valence-corrected chi connectivity index (χ0v) is 16.3. The second-order valence-corrected chi connectivity index (χ2v) is 7.42. The molecule has 1 atom stereocenters. The minimum atomic E-state index is -0.0318. The summed E-state index contributed by atoms with van der Waals surface area (Å²) in [4.78, 5) is 6.45. The number of thiophene rings is 1. The van der Waals surface area contributed by atoms with Crippen molar-refractivity contribution in [3.05, 3.63) is 136 Å². The lowest BCUT2D eigenvalue weighted by Crippen LogP contribution is -2.05. The largest absolute Gasteiger partial charge is 0.271 e. The van der Waals surface area contributed by atoms with E-state index in [-0.39, 0.29) is 6.04 Å². The van der Waals surface area contributed by atoms with E-state index in [1.165, 1.54) is 10.4 Å². The molecule has 3 aromatic carbocycles. The molecule has 1 nitrogen and oxygen atoms in total. The molecule has 0 saturated heterocycles. The minimum Gasteiger partial charge on any atom is -0.271 e. The molecule has 1 aromatic heterocycles. The van der Waals surface area contributed by atoms with Crippen LogP contribution in [0.15, 0.2) is 120 Å². The van der Waals surface area contributed by atoms with Crippen molar-refractivity contribution in [3.63, 3.8) is 0 Å². The van der Waals surface area contributed by atoms with Gasteiger partial charge in [-0.05, 0) is 17.0 Å². The van der Waals surface area contributed by atoms with Gasteiger partial charge < -0.3 is 0 Å². The number of aliphatic imine (C=N–C) groups is 1. The molecule has 4 rings (SSSR count). The standard InChI is InChI=1S/C26H21NS/c1-4-11-21(12-5-1)18-19-24(25-17-10-20-28-25)27-26(22-13-6-2-7-14-22)23-15-8-3-9-16-23/h1-20,24H/b19-18+. The maximum absolute atomic E-state index is 5.21. The smallest absolute Gasteiger partial charge is 0.103 e. The Morgan fingerprint density at radius 3 is 1.79 bits per heavy atom. The molecule has 0 amide bonds. The fraction of sp³-hybridized carbons (Fsp3) is 0.0385. The van der Waals surface area contributed by atoms with Crippen LogP contribution >= 0.6 is 11.3 Å². The quantitative estimate of drug-likeness (QED) is 0.319. The molecule has 1 heterocycles. The lowest BCUT2D eigenvalue weighted by Gasteiger charge is -2.12. The molecule has 0 radical (unpaired) electrons. The van der Waals surface area contributed by atoms with Crippen LogP contribution in [0, 0.1) is 0 Å². The van der Waals surface area contributed by atoms with Crippen molar-refractivity contribution >= 4 is 23.1 Å². The molecule has 0 saturated carbocycles. The van der Waals surface area contributed by atoms with E-state index in [0.717, 1.165) is 16.8 Å². The number of nitrogens with zero attached hydrogens (tertiary/aromatic N) is 1. The van der Waals surface area contributed by atoms with Crippen molar-refractivity contribution in [1.29, 1.82) is 0 Å². The molecule has 2 heteroatoms. The van der Waals surface area contributed by atoms with Gasteiger partial charge in [-0.15, -0.1) is 11.3 Å². The maximum Gasteiger partial charge on any atom is 0.103 e. The van der Waals surface area contributed by atoms with Crippen LogP contribution in [-0.4, -0.2) is 5.71 Å². The Kier molecular flexibility index (Phi) is 5.91. The number of hydrogen-bond acceptors (Lipinski definition) is 2. The monoisotopic (exact) mass is 379 g/mol. The van der Waals surface area contributed by atoms with Crippen LogP contribution < -0.4 is 0 Å². The van der Waals surface area contributed by atoms with Crippen molar-refractivity contribution < 1.29 is 0 Å². The van der Waals surface area contributed by atoms with Crippen molar-refractivity contribution in [2.75, 3.05) is 0 Å². The van der Waals surface area contributed by atoms with E-state index in [0.29, 0.717) is 0 Å². The third-order valence-electron chi connectivity index (χ3n) is 4.47. The zero-order valence-electron chi connectivity index (χ0n) is 15.5. The van der Waals surface area contributed by atoms with E-state index in [9.17, 15) is 0 Å². The van der Waals surface area contributed by atoms with Gasteiger partial charge in [-0.2, -0.15) is 0 Å². The molecule has 136 valence electrons. The number of hydrogen-bond donors (Lipinski definition) is 0. The topological polar surface area (TPSA) is 12.4 Å². The molecule has 0 fully saturated rings. The summed E-state index contributed by atoms with van der Waals surface area (Å²) < 4.78 is 0. The van der Waals surface area contributed by atoms with Crippen LogP contribution in [0.2, 0.25) is 0 Å². The first-order valence-corrected chi connectivity index (χ1v) is 10.2. The summed E-state index contributed by atoms with van der Waals surface area (Å²) in [5, 5.41) is 2.11. The molecule has 0 aliphatic heterocycles. The summed E-state index contributed by atoms with van der Waals surface area (Å²) in [5.41, 5.74) is 4.45. The Morgan fingerprint density at radius 1 is 0.679 bits per heavy atom. The highest BCUT2D eigenvalue weighted by Crippen LogP contribution is 2.27. The highest BCUT2D eigenvalue weighted by molar-refractivity contribution is 7.10. The van der Waals surface area contributed by atoms with E-state index < -0.39 is 0 Å². The van der Waals surface area contributed by atoms with Gasteiger partial charge in [0.15, 0.2) is 0 Å². The molecule has 1 unspecified atom stereocenters. The Morgan fingerprint density at radius 2 is 1.25 bits per heavy atom. The van der Waals surface area contributed by atoms with Crippen LogP contribution in [0.5, 0.6) is 0 Å². The van der Waals surface area contributed by atoms with E-state index in [1.807, 2.05) is 18.2 Å². The second-order valence-electron chi connectivity index (χ2n) is 6.44. The van der Waals surface area contributed by atoms with Gasteiger partial charge in [0.2, 0.25) is 0 Å². The average molecular weight is 380 g/mol. The second kappa shape index (κ2) is 9.12. The molecule has 0 aliphatic carbocycles. The van der Waals surface area contributed by atoms with Gasteiger partial charge in [0.1, 0.15) is 6.04 Å². The summed E-state index contributed by atoms with van der Waals surface area (Å²) in [6.07, 6.45) is 4.34. The van der Waals surface area contributed by atoms with Crippen LogP contribution in [-0.2, 0) is 0 Å². The van der Waals surface area contributed by atoms with Crippen molar-refractivity contribution in [3.8, 4) is 0 Å². The predicted molar refractivity (Wildman–Crippen MR) is 121 cm³/mol. The van der Waals surface area contributed by atoms with Gasteiger partial charge in [-0.1, -0.05) is 109 Å². The van der Waals surface area contributed by atoms with Crippen LogP contribution in [0.3, 0.4) is 0 Å². The van der Waals surface area contributed by atoms with Crippen LogP contribution in [0.25, 0.3) is 6.08 Å². The Labute approximate surface area is 170 Å². The maximum atomic E-state index is 5.21. The summed E-state index contributed by atoms with van der Waals surface area (Å²) in [6, 6.07) is 35.4. The fourth-order valence-electron chi connectivity index (χ4n) is 3.07. The van der Waals surface area contributed by atoms with Crippen molar-refractivity contribution in [2.24, 2.45) is 4.99 Å². The van der Waals surface area contributed by atoms with Gasteiger partial charge in [0.25, 0.3) is 0 Å². The SMILES string of the molecule is C(=C\C(N=C(c1ccccc1)c1ccccc1)c1cccs1)/c1ccccc1. The molecular weight excluding hydrogens is 358 g/mol. The zero-order chi connectivity index (χ0) is 19.0. The highest BCUT2D eigenvalue weighted by Gasteiger charge is 2.12. The van der Waals surface area contributed by atoms with E-state index in [4.69, 9.17) is 4.99 Å². The Bertz CT molecular complexity index is 992. The summed E-state index contributed by atoms with van der Waals surface area (Å²) in [5.74, 6) is 0. The summed E-state index contributed by atoms with van der Waals surface area (Å²) in [7, 11) is 0. The van der Waals surface area contributed by atoms with Crippen LogP contribution in [0.1, 0.15) is 27.6 Å². The van der Waals surface area contributed by atoms with Crippen molar-refractivity contribution in [1.82, 2.24) is 0 Å². The third-order valence-corrected chi connectivity index (χ3v) is 5.41. The Hall–Kier alpha value is -3.23. The van der Waals surface area contributed by atoms with E-state index >= 15 is 0 Å². The molecule has 0 bridgehead atoms. The summed E-state index contributed by atoms with van der Waals surface area (Å²) >= 11 is 1.74. The minimum absolute atomic E-state index is 0.0318. The molecule has 0 aliphatic rings.